The van der Waals surface area contributed by atoms with Gasteiger partial charge in [-0.1, -0.05) is 35.3 Å². The highest BCUT2D eigenvalue weighted by Gasteiger charge is 2.19. The number of sulfone groups is 1. The summed E-state index contributed by atoms with van der Waals surface area (Å²) >= 11 is 11.9. The van der Waals surface area contributed by atoms with Crippen LogP contribution in [0.5, 0.6) is 0 Å². The van der Waals surface area contributed by atoms with Crippen molar-refractivity contribution in [1.29, 1.82) is 0 Å². The number of rotatable bonds is 3. The van der Waals surface area contributed by atoms with Crippen LogP contribution in [0.3, 0.4) is 0 Å². The Morgan fingerprint density at radius 3 is 2.37 bits per heavy atom. The van der Waals surface area contributed by atoms with Gasteiger partial charge >= 0.3 is 0 Å². The molecule has 2 rings (SSSR count). The average Bonchev–Trinajstić information content (AvgIpc) is 2.34. The summed E-state index contributed by atoms with van der Waals surface area (Å²) in [4.78, 5) is 0.0927. The molecule has 2 N–H and O–H groups in total. The smallest absolute Gasteiger partial charge is 0.184 e. The maximum atomic E-state index is 12.3. The zero-order valence-corrected chi connectivity index (χ0v) is 12.1. The van der Waals surface area contributed by atoms with Crippen LogP contribution in [0.2, 0.25) is 10.0 Å². The van der Waals surface area contributed by atoms with Crippen LogP contribution in [0.15, 0.2) is 47.4 Å². The third-order valence-corrected chi connectivity index (χ3v) is 5.11. The minimum atomic E-state index is -3.56. The second-order valence-corrected chi connectivity index (χ2v) is 6.81. The molecule has 3 nitrogen and oxygen atoms in total. The van der Waals surface area contributed by atoms with Crippen molar-refractivity contribution in [2.45, 2.75) is 10.6 Å². The highest BCUT2D eigenvalue weighted by atomic mass is 35.5. The summed E-state index contributed by atoms with van der Waals surface area (Å²) in [5.74, 6) is -0.236. The van der Waals surface area contributed by atoms with Crippen molar-refractivity contribution in [2.24, 2.45) is 0 Å². The van der Waals surface area contributed by atoms with Crippen molar-refractivity contribution in [3.8, 4) is 0 Å². The number of anilines is 1. The standard InChI is InChI=1S/C13H11Cl2NO2S/c14-11-6-5-10(16)7-9(11)8-19(17,18)13-4-2-1-3-12(13)15/h1-7H,8,16H2. The van der Waals surface area contributed by atoms with Crippen LogP contribution in [0, 0.1) is 0 Å². The SMILES string of the molecule is Nc1ccc(Cl)c(CS(=O)(=O)c2ccccc2Cl)c1. The molecule has 2 aromatic rings. The van der Waals surface area contributed by atoms with Crippen LogP contribution in [0.4, 0.5) is 5.69 Å². The molecule has 6 heteroatoms. The normalized spacial score (nSPS) is 11.5. The molecular weight excluding hydrogens is 305 g/mol. The zero-order valence-electron chi connectivity index (χ0n) is 9.81. The molecule has 0 fully saturated rings. The lowest BCUT2D eigenvalue weighted by Crippen LogP contribution is -2.06. The monoisotopic (exact) mass is 315 g/mol. The molecule has 0 bridgehead atoms. The molecule has 0 unspecified atom stereocenters. The quantitative estimate of drug-likeness (QED) is 0.881. The van der Waals surface area contributed by atoms with Gasteiger partial charge in [0, 0.05) is 10.7 Å². The predicted molar refractivity (Wildman–Crippen MR) is 78.2 cm³/mol. The third-order valence-electron chi connectivity index (χ3n) is 2.59. The molecule has 0 spiro atoms. The molecule has 0 aromatic heterocycles. The fourth-order valence-corrected chi connectivity index (χ4v) is 3.89. The topological polar surface area (TPSA) is 60.2 Å². The second-order valence-electron chi connectivity index (χ2n) is 4.04. The second kappa shape index (κ2) is 5.41. The Balaban J connectivity index is 2.43. The van der Waals surface area contributed by atoms with Crippen LogP contribution < -0.4 is 5.73 Å². The van der Waals surface area contributed by atoms with Gasteiger partial charge in [-0.25, -0.2) is 8.42 Å². The molecule has 0 saturated carbocycles. The molecule has 0 radical (unpaired) electrons. The van der Waals surface area contributed by atoms with Gasteiger partial charge in [-0.2, -0.15) is 0 Å². The first kappa shape index (κ1) is 14.2. The van der Waals surface area contributed by atoms with E-state index in [4.69, 9.17) is 28.9 Å². The number of benzene rings is 2. The van der Waals surface area contributed by atoms with Gasteiger partial charge in [-0.05, 0) is 35.9 Å². The van der Waals surface area contributed by atoms with Crippen molar-refractivity contribution < 1.29 is 8.42 Å². The van der Waals surface area contributed by atoms with E-state index in [0.717, 1.165) is 0 Å². The van der Waals surface area contributed by atoms with E-state index >= 15 is 0 Å². The molecule has 0 heterocycles. The van der Waals surface area contributed by atoms with E-state index < -0.39 is 9.84 Å². The lowest BCUT2D eigenvalue weighted by Gasteiger charge is -2.08. The Kier molecular flexibility index (Phi) is 4.04. The van der Waals surface area contributed by atoms with Crippen molar-refractivity contribution >= 4 is 38.7 Å². The van der Waals surface area contributed by atoms with E-state index in [2.05, 4.69) is 0 Å². The van der Waals surface area contributed by atoms with Crippen LogP contribution >= 0.6 is 23.2 Å². The van der Waals surface area contributed by atoms with Crippen LogP contribution in [0.1, 0.15) is 5.56 Å². The van der Waals surface area contributed by atoms with Crippen LogP contribution in [-0.4, -0.2) is 8.42 Å². The molecule has 0 aliphatic rings. The van der Waals surface area contributed by atoms with E-state index in [1.165, 1.54) is 12.1 Å². The molecule has 0 amide bonds. The summed E-state index contributed by atoms with van der Waals surface area (Å²) in [6.07, 6.45) is 0. The number of nitrogens with two attached hydrogens (primary N) is 1. The Bertz CT molecular complexity index is 714. The fourth-order valence-electron chi connectivity index (χ4n) is 1.68. The average molecular weight is 316 g/mol. The summed E-state index contributed by atoms with van der Waals surface area (Å²) in [6.45, 7) is 0. The van der Waals surface area contributed by atoms with Crippen molar-refractivity contribution in [3.05, 3.63) is 58.1 Å². The number of hydrogen-bond acceptors (Lipinski definition) is 3. The van der Waals surface area contributed by atoms with Crippen LogP contribution in [0.25, 0.3) is 0 Å². The lowest BCUT2D eigenvalue weighted by molar-refractivity contribution is 0.595. The van der Waals surface area contributed by atoms with Gasteiger partial charge in [-0.15, -0.1) is 0 Å². The molecule has 19 heavy (non-hydrogen) atoms. The molecular formula is C13H11Cl2NO2S. The predicted octanol–water partition coefficient (Wildman–Crippen LogP) is 3.55. The summed E-state index contributed by atoms with van der Waals surface area (Å²) in [7, 11) is -3.56. The van der Waals surface area contributed by atoms with Gasteiger partial charge in [0.15, 0.2) is 9.84 Å². The molecule has 0 saturated heterocycles. The highest BCUT2D eigenvalue weighted by Crippen LogP contribution is 2.27. The van der Waals surface area contributed by atoms with E-state index in [1.807, 2.05) is 0 Å². The van der Waals surface area contributed by atoms with E-state index in [9.17, 15) is 8.42 Å². The van der Waals surface area contributed by atoms with Gasteiger partial charge in [0.05, 0.1) is 15.7 Å². The number of hydrogen-bond donors (Lipinski definition) is 1. The largest absolute Gasteiger partial charge is 0.399 e. The minimum Gasteiger partial charge on any atom is -0.399 e. The Morgan fingerprint density at radius 1 is 1.00 bits per heavy atom. The van der Waals surface area contributed by atoms with Crippen LogP contribution in [-0.2, 0) is 15.6 Å². The summed E-state index contributed by atoms with van der Waals surface area (Å²) < 4.78 is 24.6. The molecule has 0 aliphatic carbocycles. The van der Waals surface area contributed by atoms with Gasteiger partial charge in [0.2, 0.25) is 0 Å². The summed E-state index contributed by atoms with van der Waals surface area (Å²) in [5.41, 5.74) is 6.56. The number of nitrogen functional groups attached to an aromatic ring is 1. The van der Waals surface area contributed by atoms with Crippen molar-refractivity contribution in [1.82, 2.24) is 0 Å². The molecule has 0 atom stereocenters. The van der Waals surface area contributed by atoms with Gasteiger partial charge in [0.1, 0.15) is 0 Å². The zero-order chi connectivity index (χ0) is 14.0. The highest BCUT2D eigenvalue weighted by molar-refractivity contribution is 7.90. The van der Waals surface area contributed by atoms with Crippen molar-refractivity contribution in [2.75, 3.05) is 5.73 Å². The lowest BCUT2D eigenvalue weighted by atomic mass is 10.2. The minimum absolute atomic E-state index is 0.0927. The van der Waals surface area contributed by atoms with Gasteiger partial charge in [0.25, 0.3) is 0 Å². The van der Waals surface area contributed by atoms with E-state index in [1.54, 1.807) is 30.3 Å². The van der Waals surface area contributed by atoms with Gasteiger partial charge in [-0.3, -0.25) is 0 Å². The summed E-state index contributed by atoms with van der Waals surface area (Å²) in [5, 5.41) is 0.562. The molecule has 100 valence electrons. The Morgan fingerprint density at radius 2 is 1.68 bits per heavy atom. The summed E-state index contributed by atoms with van der Waals surface area (Å²) in [6, 6.07) is 11.1. The maximum Gasteiger partial charge on any atom is 0.184 e. The first-order valence-electron chi connectivity index (χ1n) is 5.41. The molecule has 0 aliphatic heterocycles. The molecule has 2 aromatic carbocycles. The first-order chi connectivity index (χ1) is 8.90. The van der Waals surface area contributed by atoms with Crippen molar-refractivity contribution in [3.63, 3.8) is 0 Å². The Hall–Kier alpha value is -1.23. The van der Waals surface area contributed by atoms with Gasteiger partial charge < -0.3 is 5.73 Å². The maximum absolute atomic E-state index is 12.3. The van der Waals surface area contributed by atoms with E-state index in [-0.39, 0.29) is 15.7 Å². The first-order valence-corrected chi connectivity index (χ1v) is 7.82. The fraction of sp³-hybridized carbons (Fsp3) is 0.0769. The number of halogens is 2. The third kappa shape index (κ3) is 3.21. The van der Waals surface area contributed by atoms with E-state index in [0.29, 0.717) is 16.3 Å². The Labute approximate surface area is 121 Å².